The van der Waals surface area contributed by atoms with Crippen molar-refractivity contribution in [3.05, 3.63) is 35.4 Å². The molecule has 0 bridgehead atoms. The van der Waals surface area contributed by atoms with E-state index >= 15 is 0 Å². The Morgan fingerprint density at radius 2 is 1.89 bits per heavy atom. The molecule has 1 heterocycles. The summed E-state index contributed by atoms with van der Waals surface area (Å²) in [7, 11) is 1.79. The van der Waals surface area contributed by atoms with Gasteiger partial charge in [-0.05, 0) is 50.0 Å². The van der Waals surface area contributed by atoms with Crippen molar-refractivity contribution in [2.75, 3.05) is 25.9 Å². The zero-order valence-electron chi connectivity index (χ0n) is 16.7. The molecule has 6 nitrogen and oxygen atoms in total. The van der Waals surface area contributed by atoms with Crippen LogP contribution in [0.15, 0.2) is 29.3 Å². The molecule has 1 aromatic carbocycles. The van der Waals surface area contributed by atoms with Gasteiger partial charge in [-0.2, -0.15) is 11.8 Å². The Balaban J connectivity index is 1.36. The monoisotopic (exact) mass is 402 g/mol. The lowest BCUT2D eigenvalue weighted by Crippen LogP contribution is -2.43. The zero-order valence-corrected chi connectivity index (χ0v) is 17.6. The molecule has 2 unspecified atom stereocenters. The summed E-state index contributed by atoms with van der Waals surface area (Å²) in [6.07, 6.45) is 5.30. The summed E-state index contributed by atoms with van der Waals surface area (Å²) >= 11 is 2.05. The summed E-state index contributed by atoms with van der Waals surface area (Å²) in [4.78, 5) is 30.4. The summed E-state index contributed by atoms with van der Waals surface area (Å²) < 4.78 is 0. The Labute approximate surface area is 171 Å². The quantitative estimate of drug-likeness (QED) is 0.303. The lowest BCUT2D eigenvalue weighted by atomic mass is 10.1. The van der Waals surface area contributed by atoms with Crippen LogP contribution in [-0.4, -0.2) is 59.9 Å². The summed E-state index contributed by atoms with van der Waals surface area (Å²) in [5.41, 5.74) is 1.04. The van der Waals surface area contributed by atoms with Crippen molar-refractivity contribution < 1.29 is 9.59 Å². The molecule has 0 aromatic heterocycles. The normalized spacial score (nSPS) is 21.9. The number of hydrogen-bond donors (Lipinski definition) is 2. The van der Waals surface area contributed by atoms with Gasteiger partial charge in [0.1, 0.15) is 0 Å². The number of nitrogens with zero attached hydrogens (tertiary/aromatic N) is 2. The molecule has 1 aromatic rings. The Bertz CT molecular complexity index is 702. The Hall–Kier alpha value is -2.02. The predicted molar refractivity (Wildman–Crippen MR) is 115 cm³/mol. The lowest BCUT2D eigenvalue weighted by Gasteiger charge is -2.18. The second kappa shape index (κ2) is 9.96. The maximum Gasteiger partial charge on any atom is 0.261 e. The van der Waals surface area contributed by atoms with E-state index in [4.69, 9.17) is 0 Å². The van der Waals surface area contributed by atoms with Gasteiger partial charge in [0, 0.05) is 31.4 Å². The minimum Gasteiger partial charge on any atom is -0.356 e. The first-order valence-electron chi connectivity index (χ1n) is 10.2. The third-order valence-corrected chi connectivity index (χ3v) is 6.56. The fraction of sp³-hybridized carbons (Fsp3) is 0.571. The molecular formula is C21H30N4O2S. The molecule has 3 rings (SSSR count). The van der Waals surface area contributed by atoms with E-state index in [0.717, 1.165) is 30.6 Å². The molecule has 2 N–H and O–H groups in total. The van der Waals surface area contributed by atoms with E-state index in [9.17, 15) is 9.59 Å². The van der Waals surface area contributed by atoms with Crippen LogP contribution in [0.2, 0.25) is 0 Å². The smallest absolute Gasteiger partial charge is 0.261 e. The Morgan fingerprint density at radius 3 is 2.54 bits per heavy atom. The number of nitrogens with one attached hydrogen (secondary N) is 2. The third kappa shape index (κ3) is 4.87. The first-order chi connectivity index (χ1) is 13.6. The molecule has 1 fully saturated rings. The third-order valence-electron chi connectivity index (χ3n) is 5.33. The highest BCUT2D eigenvalue weighted by Gasteiger charge is 2.34. The molecule has 28 heavy (non-hydrogen) atoms. The molecule has 152 valence electrons. The van der Waals surface area contributed by atoms with Gasteiger partial charge in [-0.3, -0.25) is 19.5 Å². The highest BCUT2D eigenvalue weighted by atomic mass is 32.2. The van der Waals surface area contributed by atoms with Crippen LogP contribution in [0.4, 0.5) is 0 Å². The first kappa shape index (κ1) is 20.7. The molecule has 1 aliphatic carbocycles. The molecular weight excluding hydrogens is 372 g/mol. The highest BCUT2D eigenvalue weighted by Crippen LogP contribution is 2.29. The van der Waals surface area contributed by atoms with Gasteiger partial charge in [-0.15, -0.1) is 0 Å². The summed E-state index contributed by atoms with van der Waals surface area (Å²) in [5, 5.41) is 7.63. The SMILES string of the molecule is CCSC1CCC(NC(=NC)NCCCCN2C(=O)c3ccccc3C2=O)C1. The van der Waals surface area contributed by atoms with Gasteiger partial charge in [0.05, 0.1) is 11.1 Å². The van der Waals surface area contributed by atoms with E-state index in [-0.39, 0.29) is 11.8 Å². The molecule has 1 saturated carbocycles. The Morgan fingerprint density at radius 1 is 1.18 bits per heavy atom. The second-order valence-electron chi connectivity index (χ2n) is 7.25. The molecule has 2 aliphatic rings. The van der Waals surface area contributed by atoms with Crippen molar-refractivity contribution in [3.8, 4) is 0 Å². The number of rotatable bonds is 8. The van der Waals surface area contributed by atoms with Crippen LogP contribution in [0.1, 0.15) is 59.7 Å². The standard InChI is InChI=1S/C21H30N4O2S/c1-3-28-16-11-10-15(14-16)24-21(22-2)23-12-6-7-13-25-19(26)17-8-4-5-9-18(17)20(25)27/h4-5,8-9,15-16H,3,6-7,10-14H2,1-2H3,(H2,22,23,24). The van der Waals surface area contributed by atoms with Crippen LogP contribution in [-0.2, 0) is 0 Å². The predicted octanol–water partition coefficient (Wildman–Crippen LogP) is 2.90. The highest BCUT2D eigenvalue weighted by molar-refractivity contribution is 7.99. The fourth-order valence-electron chi connectivity index (χ4n) is 3.89. The molecule has 0 spiro atoms. The summed E-state index contributed by atoms with van der Waals surface area (Å²) in [6, 6.07) is 7.53. The van der Waals surface area contributed by atoms with Crippen LogP contribution >= 0.6 is 11.8 Å². The van der Waals surface area contributed by atoms with Crippen LogP contribution in [0.5, 0.6) is 0 Å². The van der Waals surface area contributed by atoms with Gasteiger partial charge in [-0.1, -0.05) is 19.1 Å². The van der Waals surface area contributed by atoms with Crippen molar-refractivity contribution in [1.82, 2.24) is 15.5 Å². The van der Waals surface area contributed by atoms with Gasteiger partial charge >= 0.3 is 0 Å². The number of imide groups is 1. The number of aliphatic imine (C=N–C) groups is 1. The topological polar surface area (TPSA) is 73.8 Å². The van der Waals surface area contributed by atoms with Crippen molar-refractivity contribution in [2.45, 2.75) is 50.3 Å². The van der Waals surface area contributed by atoms with E-state index in [2.05, 4.69) is 22.5 Å². The van der Waals surface area contributed by atoms with Gasteiger partial charge in [0.15, 0.2) is 5.96 Å². The molecule has 1 aliphatic heterocycles. The number of carbonyl (C=O) groups is 2. The molecule has 0 saturated heterocycles. The number of guanidine groups is 1. The fourth-order valence-corrected chi connectivity index (χ4v) is 5.03. The molecule has 0 radical (unpaired) electrons. The van der Waals surface area contributed by atoms with E-state index in [1.165, 1.54) is 29.9 Å². The number of amides is 2. The lowest BCUT2D eigenvalue weighted by molar-refractivity contribution is 0.0652. The maximum atomic E-state index is 12.4. The van der Waals surface area contributed by atoms with Crippen LogP contribution in [0.3, 0.4) is 0 Å². The van der Waals surface area contributed by atoms with Crippen molar-refractivity contribution >= 4 is 29.5 Å². The molecule has 2 atom stereocenters. The van der Waals surface area contributed by atoms with Crippen LogP contribution in [0.25, 0.3) is 0 Å². The molecule has 7 heteroatoms. The van der Waals surface area contributed by atoms with Crippen molar-refractivity contribution in [2.24, 2.45) is 4.99 Å². The van der Waals surface area contributed by atoms with E-state index in [1.807, 2.05) is 11.8 Å². The summed E-state index contributed by atoms with van der Waals surface area (Å²) in [6.45, 7) is 3.44. The van der Waals surface area contributed by atoms with E-state index in [1.54, 1.807) is 31.3 Å². The van der Waals surface area contributed by atoms with Crippen molar-refractivity contribution in [3.63, 3.8) is 0 Å². The number of benzene rings is 1. The number of fused-ring (bicyclic) bond motifs is 1. The zero-order chi connectivity index (χ0) is 19.9. The van der Waals surface area contributed by atoms with Crippen LogP contribution in [0, 0.1) is 0 Å². The van der Waals surface area contributed by atoms with Crippen molar-refractivity contribution in [1.29, 1.82) is 0 Å². The minimum absolute atomic E-state index is 0.174. The average molecular weight is 403 g/mol. The average Bonchev–Trinajstić information content (AvgIpc) is 3.25. The van der Waals surface area contributed by atoms with Crippen LogP contribution < -0.4 is 10.6 Å². The van der Waals surface area contributed by atoms with Gasteiger partial charge in [0.2, 0.25) is 0 Å². The maximum absolute atomic E-state index is 12.4. The summed E-state index contributed by atoms with van der Waals surface area (Å²) in [5.74, 6) is 1.67. The Kier molecular flexibility index (Phi) is 7.36. The number of carbonyl (C=O) groups excluding carboxylic acids is 2. The van der Waals surface area contributed by atoms with E-state index in [0.29, 0.717) is 23.7 Å². The number of thioether (sulfide) groups is 1. The van der Waals surface area contributed by atoms with Gasteiger partial charge in [-0.25, -0.2) is 0 Å². The first-order valence-corrected chi connectivity index (χ1v) is 11.2. The number of unbranched alkanes of at least 4 members (excludes halogenated alkanes) is 1. The largest absolute Gasteiger partial charge is 0.356 e. The van der Waals surface area contributed by atoms with Gasteiger partial charge in [0.25, 0.3) is 11.8 Å². The minimum atomic E-state index is -0.174. The second-order valence-corrected chi connectivity index (χ2v) is 8.82. The molecule has 2 amide bonds. The van der Waals surface area contributed by atoms with Gasteiger partial charge < -0.3 is 10.6 Å². The van der Waals surface area contributed by atoms with E-state index < -0.39 is 0 Å². The number of hydrogen-bond acceptors (Lipinski definition) is 4.